The lowest BCUT2D eigenvalue weighted by molar-refractivity contribution is 0.771. The molecule has 2 atom stereocenters. The lowest BCUT2D eigenvalue weighted by Gasteiger charge is -2.10. The Labute approximate surface area is 117 Å². The highest BCUT2D eigenvalue weighted by Gasteiger charge is 2.03. The summed E-state index contributed by atoms with van der Waals surface area (Å²) in [6.45, 7) is 12.0. The molecule has 0 radical (unpaired) electrons. The summed E-state index contributed by atoms with van der Waals surface area (Å²) in [4.78, 5) is 0. The van der Waals surface area contributed by atoms with E-state index in [0.717, 1.165) is 6.42 Å². The minimum absolute atomic E-state index is 0.387. The highest BCUT2D eigenvalue weighted by Crippen LogP contribution is 2.20. The standard InChI is InChI=1S/C19H24/c1-5-11-18(6-2)16(3)12-10-13-17(4)19-14-8-7-9-15-19/h5-12,14-17H,1-2,13H2,3-4H3. The average Bonchev–Trinajstić information content (AvgIpc) is 2.45. The number of allylic oxidation sites excluding steroid dienone is 6. The first-order chi connectivity index (χ1) is 9.19. The summed E-state index contributed by atoms with van der Waals surface area (Å²) in [6, 6.07) is 10.6. The minimum Gasteiger partial charge on any atom is -0.0991 e. The van der Waals surface area contributed by atoms with Crippen LogP contribution in [0.15, 0.2) is 79.4 Å². The van der Waals surface area contributed by atoms with E-state index in [1.54, 1.807) is 0 Å². The van der Waals surface area contributed by atoms with Crippen molar-refractivity contribution in [3.05, 3.63) is 85.0 Å². The SMILES string of the molecule is C=CC=C(C=C)C(C)C=CCC(C)c1ccccc1. The summed E-state index contributed by atoms with van der Waals surface area (Å²) in [6.07, 6.45) is 11.3. The van der Waals surface area contributed by atoms with Crippen LogP contribution in [0.1, 0.15) is 31.7 Å². The lowest BCUT2D eigenvalue weighted by Crippen LogP contribution is -1.94. The van der Waals surface area contributed by atoms with E-state index >= 15 is 0 Å². The molecule has 0 saturated heterocycles. The van der Waals surface area contributed by atoms with Gasteiger partial charge in [0.1, 0.15) is 0 Å². The molecule has 1 aromatic rings. The monoisotopic (exact) mass is 252 g/mol. The fourth-order valence-corrected chi connectivity index (χ4v) is 2.06. The molecule has 2 unspecified atom stereocenters. The lowest BCUT2D eigenvalue weighted by atomic mass is 9.95. The highest BCUT2D eigenvalue weighted by atomic mass is 14.1. The van der Waals surface area contributed by atoms with E-state index < -0.39 is 0 Å². The van der Waals surface area contributed by atoms with Gasteiger partial charge in [-0.15, -0.1) is 0 Å². The topological polar surface area (TPSA) is 0 Å². The largest absolute Gasteiger partial charge is 0.0991 e. The van der Waals surface area contributed by atoms with E-state index in [2.05, 4.69) is 69.5 Å². The Morgan fingerprint density at radius 2 is 1.84 bits per heavy atom. The van der Waals surface area contributed by atoms with Gasteiger partial charge < -0.3 is 0 Å². The number of rotatable bonds is 7. The molecule has 100 valence electrons. The Morgan fingerprint density at radius 1 is 1.16 bits per heavy atom. The molecule has 0 heteroatoms. The van der Waals surface area contributed by atoms with E-state index in [4.69, 9.17) is 0 Å². The van der Waals surface area contributed by atoms with Gasteiger partial charge in [-0.05, 0) is 29.4 Å². The fourth-order valence-electron chi connectivity index (χ4n) is 2.06. The Balaban J connectivity index is 2.56. The van der Waals surface area contributed by atoms with Gasteiger partial charge in [-0.3, -0.25) is 0 Å². The molecule has 1 aromatic carbocycles. The molecule has 0 bridgehead atoms. The number of hydrogen-bond acceptors (Lipinski definition) is 0. The van der Waals surface area contributed by atoms with Crippen molar-refractivity contribution in [2.24, 2.45) is 5.92 Å². The predicted molar refractivity (Wildman–Crippen MR) is 86.3 cm³/mol. The van der Waals surface area contributed by atoms with Crippen molar-refractivity contribution >= 4 is 0 Å². The van der Waals surface area contributed by atoms with E-state index in [9.17, 15) is 0 Å². The molecule has 0 spiro atoms. The molecule has 0 heterocycles. The van der Waals surface area contributed by atoms with Gasteiger partial charge in [0, 0.05) is 0 Å². The van der Waals surface area contributed by atoms with Crippen LogP contribution < -0.4 is 0 Å². The van der Waals surface area contributed by atoms with Crippen LogP contribution in [0.3, 0.4) is 0 Å². The van der Waals surface area contributed by atoms with Crippen LogP contribution in [0.2, 0.25) is 0 Å². The van der Waals surface area contributed by atoms with Crippen LogP contribution in [0.5, 0.6) is 0 Å². The molecule has 1 rings (SSSR count). The molecule has 0 aliphatic heterocycles. The van der Waals surface area contributed by atoms with Crippen molar-refractivity contribution < 1.29 is 0 Å². The van der Waals surface area contributed by atoms with E-state index in [-0.39, 0.29) is 0 Å². The van der Waals surface area contributed by atoms with Crippen molar-refractivity contribution in [3.8, 4) is 0 Å². The Bertz CT molecular complexity index is 448. The molecule has 0 nitrogen and oxygen atoms in total. The molecule has 0 aromatic heterocycles. The van der Waals surface area contributed by atoms with Crippen molar-refractivity contribution in [2.75, 3.05) is 0 Å². The second kappa shape index (κ2) is 8.31. The highest BCUT2D eigenvalue weighted by molar-refractivity contribution is 5.27. The zero-order chi connectivity index (χ0) is 14.1. The second-order valence-corrected chi connectivity index (χ2v) is 4.87. The van der Waals surface area contributed by atoms with Crippen molar-refractivity contribution in [1.82, 2.24) is 0 Å². The zero-order valence-electron chi connectivity index (χ0n) is 12.0. The summed E-state index contributed by atoms with van der Waals surface area (Å²) in [5.74, 6) is 0.943. The van der Waals surface area contributed by atoms with E-state index in [1.807, 2.05) is 18.2 Å². The second-order valence-electron chi connectivity index (χ2n) is 4.87. The summed E-state index contributed by atoms with van der Waals surface area (Å²) in [5, 5.41) is 0. The summed E-state index contributed by atoms with van der Waals surface area (Å²) in [5.41, 5.74) is 2.60. The molecular weight excluding hydrogens is 228 g/mol. The Hall–Kier alpha value is -1.82. The third-order valence-electron chi connectivity index (χ3n) is 3.35. The first-order valence-corrected chi connectivity index (χ1v) is 6.85. The zero-order valence-corrected chi connectivity index (χ0v) is 12.0. The quantitative estimate of drug-likeness (QED) is 0.433. The molecule has 0 saturated carbocycles. The molecular formula is C19H24. The first-order valence-electron chi connectivity index (χ1n) is 6.85. The van der Waals surface area contributed by atoms with Crippen LogP contribution in [0.4, 0.5) is 0 Å². The van der Waals surface area contributed by atoms with Gasteiger partial charge in [0.2, 0.25) is 0 Å². The van der Waals surface area contributed by atoms with Crippen LogP contribution in [0.25, 0.3) is 0 Å². The van der Waals surface area contributed by atoms with E-state index in [0.29, 0.717) is 11.8 Å². The van der Waals surface area contributed by atoms with Gasteiger partial charge in [0.15, 0.2) is 0 Å². The van der Waals surface area contributed by atoms with Gasteiger partial charge in [-0.1, -0.05) is 87.7 Å². The third kappa shape index (κ3) is 5.13. The van der Waals surface area contributed by atoms with Crippen molar-refractivity contribution in [3.63, 3.8) is 0 Å². The summed E-state index contributed by atoms with van der Waals surface area (Å²) < 4.78 is 0. The van der Waals surface area contributed by atoms with Crippen LogP contribution in [0, 0.1) is 5.92 Å². The van der Waals surface area contributed by atoms with Crippen molar-refractivity contribution in [2.45, 2.75) is 26.2 Å². The molecule has 0 fully saturated rings. The maximum Gasteiger partial charge on any atom is -0.00107 e. The molecule has 0 aliphatic rings. The normalized spacial score (nSPS) is 15.2. The summed E-state index contributed by atoms with van der Waals surface area (Å²) in [7, 11) is 0. The van der Waals surface area contributed by atoms with Gasteiger partial charge in [-0.2, -0.15) is 0 Å². The van der Waals surface area contributed by atoms with Crippen LogP contribution in [-0.2, 0) is 0 Å². The van der Waals surface area contributed by atoms with Gasteiger partial charge in [0.05, 0.1) is 0 Å². The minimum atomic E-state index is 0.387. The summed E-state index contributed by atoms with van der Waals surface area (Å²) >= 11 is 0. The number of benzene rings is 1. The predicted octanol–water partition coefficient (Wildman–Crippen LogP) is 5.67. The van der Waals surface area contributed by atoms with Crippen molar-refractivity contribution in [1.29, 1.82) is 0 Å². The Kier molecular flexibility index (Phi) is 6.67. The molecule has 0 N–H and O–H groups in total. The van der Waals surface area contributed by atoms with Crippen LogP contribution in [-0.4, -0.2) is 0 Å². The molecule has 19 heavy (non-hydrogen) atoms. The van der Waals surface area contributed by atoms with Crippen LogP contribution >= 0.6 is 0 Å². The first kappa shape index (κ1) is 15.2. The maximum absolute atomic E-state index is 3.84. The molecule has 0 amide bonds. The molecule has 0 aliphatic carbocycles. The smallest absolute Gasteiger partial charge is 0.00107 e. The third-order valence-corrected chi connectivity index (χ3v) is 3.35. The fraction of sp³-hybridized carbons (Fsp3) is 0.263. The van der Waals surface area contributed by atoms with Gasteiger partial charge >= 0.3 is 0 Å². The number of hydrogen-bond donors (Lipinski definition) is 0. The van der Waals surface area contributed by atoms with E-state index in [1.165, 1.54) is 11.1 Å². The van der Waals surface area contributed by atoms with Gasteiger partial charge in [0.25, 0.3) is 0 Å². The van der Waals surface area contributed by atoms with Gasteiger partial charge in [-0.25, -0.2) is 0 Å². The maximum atomic E-state index is 3.84. The average molecular weight is 252 g/mol. The Morgan fingerprint density at radius 3 is 2.42 bits per heavy atom.